The molecule has 0 saturated carbocycles. The van der Waals surface area contributed by atoms with Gasteiger partial charge >= 0.3 is 0 Å². The number of halogens is 1. The summed E-state index contributed by atoms with van der Waals surface area (Å²) >= 11 is 1.65. The van der Waals surface area contributed by atoms with Crippen molar-refractivity contribution in [3.8, 4) is 22.8 Å². The minimum Gasteiger partial charge on any atom is -0.494 e. The predicted octanol–water partition coefficient (Wildman–Crippen LogP) is 6.25. The van der Waals surface area contributed by atoms with Gasteiger partial charge in [0.2, 0.25) is 0 Å². The molecule has 0 aliphatic carbocycles. The van der Waals surface area contributed by atoms with Gasteiger partial charge in [-0.25, -0.2) is 4.39 Å². The second kappa shape index (κ2) is 9.79. The van der Waals surface area contributed by atoms with Crippen molar-refractivity contribution in [1.29, 1.82) is 0 Å². The van der Waals surface area contributed by atoms with Crippen molar-refractivity contribution in [2.45, 2.75) is 25.4 Å². The van der Waals surface area contributed by atoms with Crippen molar-refractivity contribution >= 4 is 11.8 Å². The summed E-state index contributed by atoms with van der Waals surface area (Å²) in [5.41, 5.74) is 4.57. The number of rotatable bonds is 8. The van der Waals surface area contributed by atoms with E-state index in [1.807, 2.05) is 30.3 Å². The van der Waals surface area contributed by atoms with Crippen LogP contribution in [0.2, 0.25) is 0 Å². The lowest BCUT2D eigenvalue weighted by molar-refractivity contribution is 0.318. The molecule has 0 N–H and O–H groups in total. The minimum atomic E-state index is -0.261. The average Bonchev–Trinajstić information content (AvgIpc) is 3.21. The van der Waals surface area contributed by atoms with Crippen molar-refractivity contribution < 1.29 is 9.13 Å². The average molecular weight is 434 g/mol. The molecule has 0 aliphatic rings. The molecule has 0 bridgehead atoms. The molecule has 0 saturated heterocycles. The Bertz CT molecular complexity index is 1140. The number of thioether (sulfide) groups is 1. The molecule has 0 atom stereocenters. The molecule has 4 aromatic rings. The topological polar surface area (TPSA) is 39.9 Å². The van der Waals surface area contributed by atoms with Crippen LogP contribution in [0.4, 0.5) is 4.39 Å². The normalized spacial score (nSPS) is 10.9. The fraction of sp³-hybridized carbons (Fsp3) is 0.200. The quantitative estimate of drug-likeness (QED) is 0.243. The lowest BCUT2D eigenvalue weighted by Gasteiger charge is -2.12. The van der Waals surface area contributed by atoms with E-state index in [0.717, 1.165) is 34.4 Å². The van der Waals surface area contributed by atoms with Gasteiger partial charge in [0.25, 0.3) is 0 Å². The standard InChI is InChI=1S/C25H24FN3OS/c1-18-9-12-22(17-19(18)2)29-24(20-7-4-3-5-8-20)27-28-25(29)31-16-6-15-30-23-13-10-21(26)11-14-23/h3-5,7-14,17H,6,15-16H2,1-2H3. The Balaban J connectivity index is 1.50. The molecule has 0 fully saturated rings. The van der Waals surface area contributed by atoms with Crippen LogP contribution in [0.3, 0.4) is 0 Å². The maximum Gasteiger partial charge on any atom is 0.196 e. The number of hydrogen-bond donors (Lipinski definition) is 0. The van der Waals surface area contributed by atoms with Gasteiger partial charge in [0.1, 0.15) is 11.6 Å². The van der Waals surface area contributed by atoms with Gasteiger partial charge in [-0.05, 0) is 67.8 Å². The second-order valence-electron chi connectivity index (χ2n) is 7.28. The third kappa shape index (κ3) is 5.14. The van der Waals surface area contributed by atoms with Crippen molar-refractivity contribution in [3.05, 3.63) is 89.7 Å². The lowest BCUT2D eigenvalue weighted by atomic mass is 10.1. The zero-order valence-electron chi connectivity index (χ0n) is 17.6. The summed E-state index contributed by atoms with van der Waals surface area (Å²) in [5, 5.41) is 9.83. The molecule has 31 heavy (non-hydrogen) atoms. The van der Waals surface area contributed by atoms with Crippen molar-refractivity contribution in [3.63, 3.8) is 0 Å². The Kier molecular flexibility index (Phi) is 6.67. The molecule has 0 spiro atoms. The number of ether oxygens (including phenoxy) is 1. The van der Waals surface area contributed by atoms with Crippen LogP contribution in [0, 0.1) is 19.7 Å². The van der Waals surface area contributed by atoms with Crippen LogP contribution in [0.5, 0.6) is 5.75 Å². The van der Waals surface area contributed by atoms with E-state index in [1.165, 1.54) is 23.3 Å². The molecule has 1 heterocycles. The first kappa shape index (κ1) is 21.1. The molecule has 158 valence electrons. The number of benzene rings is 3. The van der Waals surface area contributed by atoms with Gasteiger partial charge in [0.05, 0.1) is 12.3 Å². The molecule has 1 aromatic heterocycles. The Morgan fingerprint density at radius 1 is 0.903 bits per heavy atom. The molecule has 0 unspecified atom stereocenters. The molecule has 4 nitrogen and oxygen atoms in total. The van der Waals surface area contributed by atoms with Gasteiger partial charge in [0.15, 0.2) is 11.0 Å². The monoisotopic (exact) mass is 433 g/mol. The lowest BCUT2D eigenvalue weighted by Crippen LogP contribution is -2.02. The fourth-order valence-corrected chi connectivity index (χ4v) is 4.04. The van der Waals surface area contributed by atoms with Crippen LogP contribution in [0.25, 0.3) is 17.1 Å². The highest BCUT2D eigenvalue weighted by molar-refractivity contribution is 7.99. The van der Waals surface area contributed by atoms with Gasteiger partial charge in [-0.1, -0.05) is 48.2 Å². The molecule has 0 radical (unpaired) electrons. The van der Waals surface area contributed by atoms with Crippen LogP contribution < -0.4 is 4.74 Å². The van der Waals surface area contributed by atoms with Crippen LogP contribution in [0.15, 0.2) is 78.0 Å². The zero-order chi connectivity index (χ0) is 21.6. The van der Waals surface area contributed by atoms with E-state index in [1.54, 1.807) is 23.9 Å². The van der Waals surface area contributed by atoms with Crippen molar-refractivity contribution in [2.24, 2.45) is 0 Å². The van der Waals surface area contributed by atoms with E-state index in [0.29, 0.717) is 12.4 Å². The van der Waals surface area contributed by atoms with E-state index < -0.39 is 0 Å². The van der Waals surface area contributed by atoms with E-state index in [4.69, 9.17) is 4.74 Å². The van der Waals surface area contributed by atoms with E-state index in [9.17, 15) is 4.39 Å². The smallest absolute Gasteiger partial charge is 0.196 e. The molecule has 6 heteroatoms. The Morgan fingerprint density at radius 2 is 1.68 bits per heavy atom. The second-order valence-corrected chi connectivity index (χ2v) is 8.34. The van der Waals surface area contributed by atoms with Gasteiger partial charge < -0.3 is 4.74 Å². The first-order valence-electron chi connectivity index (χ1n) is 10.2. The summed E-state index contributed by atoms with van der Waals surface area (Å²) < 4.78 is 20.8. The minimum absolute atomic E-state index is 0.261. The van der Waals surface area contributed by atoms with E-state index in [2.05, 4.69) is 46.8 Å². The highest BCUT2D eigenvalue weighted by atomic mass is 32.2. The number of hydrogen-bond acceptors (Lipinski definition) is 4. The number of aromatic nitrogens is 3. The van der Waals surface area contributed by atoms with Gasteiger partial charge in [-0.2, -0.15) is 0 Å². The summed E-state index contributed by atoms with van der Waals surface area (Å²) in [6.07, 6.45) is 0.836. The molecule has 3 aromatic carbocycles. The molecule has 0 amide bonds. The van der Waals surface area contributed by atoms with Gasteiger partial charge in [-0.15, -0.1) is 10.2 Å². The molecule has 0 aliphatic heterocycles. The maximum atomic E-state index is 13.0. The first-order chi connectivity index (χ1) is 15.1. The summed E-state index contributed by atoms with van der Waals surface area (Å²) in [6.45, 7) is 4.78. The Morgan fingerprint density at radius 3 is 2.42 bits per heavy atom. The van der Waals surface area contributed by atoms with Crippen molar-refractivity contribution in [2.75, 3.05) is 12.4 Å². The summed E-state index contributed by atoms with van der Waals surface area (Å²) in [7, 11) is 0. The highest BCUT2D eigenvalue weighted by Gasteiger charge is 2.16. The summed E-state index contributed by atoms with van der Waals surface area (Å²) in [5.74, 6) is 2.08. The number of nitrogens with zero attached hydrogens (tertiary/aromatic N) is 3. The zero-order valence-corrected chi connectivity index (χ0v) is 18.4. The third-order valence-corrected chi connectivity index (χ3v) is 6.03. The first-order valence-corrected chi connectivity index (χ1v) is 11.2. The van der Waals surface area contributed by atoms with Gasteiger partial charge in [-0.3, -0.25) is 4.57 Å². The third-order valence-electron chi connectivity index (χ3n) is 5.02. The largest absolute Gasteiger partial charge is 0.494 e. The van der Waals surface area contributed by atoms with Crippen LogP contribution >= 0.6 is 11.8 Å². The fourth-order valence-electron chi connectivity index (χ4n) is 3.18. The maximum absolute atomic E-state index is 13.0. The van der Waals surface area contributed by atoms with E-state index >= 15 is 0 Å². The Labute approximate surface area is 186 Å². The van der Waals surface area contributed by atoms with Crippen LogP contribution in [0.1, 0.15) is 17.5 Å². The number of aryl methyl sites for hydroxylation is 2. The summed E-state index contributed by atoms with van der Waals surface area (Å²) in [4.78, 5) is 0. The molecular formula is C25H24FN3OS. The molecular weight excluding hydrogens is 409 g/mol. The van der Waals surface area contributed by atoms with Crippen LogP contribution in [-0.4, -0.2) is 27.1 Å². The molecule has 4 rings (SSSR count). The van der Waals surface area contributed by atoms with Gasteiger partial charge in [0, 0.05) is 11.3 Å². The Hall–Kier alpha value is -3.12. The van der Waals surface area contributed by atoms with E-state index in [-0.39, 0.29) is 5.82 Å². The predicted molar refractivity (Wildman–Crippen MR) is 124 cm³/mol. The van der Waals surface area contributed by atoms with Crippen LogP contribution in [-0.2, 0) is 0 Å². The highest BCUT2D eigenvalue weighted by Crippen LogP contribution is 2.29. The summed E-state index contributed by atoms with van der Waals surface area (Å²) in [6, 6.07) is 22.6. The van der Waals surface area contributed by atoms with Crippen molar-refractivity contribution in [1.82, 2.24) is 14.8 Å². The SMILES string of the molecule is Cc1ccc(-n2c(SCCCOc3ccc(F)cc3)nnc2-c2ccccc2)cc1C.